The molecule has 0 heterocycles. The maximum atomic E-state index is 4.97. The molecule has 1 aliphatic carbocycles. The van der Waals surface area contributed by atoms with Crippen LogP contribution in [0.25, 0.3) is 0 Å². The number of aryl methyl sites for hydroxylation is 1. The van der Waals surface area contributed by atoms with E-state index in [0.29, 0.717) is 0 Å². The van der Waals surface area contributed by atoms with Crippen molar-refractivity contribution in [2.75, 3.05) is 7.11 Å². The maximum Gasteiger partial charge on any atom is 0.118 e. The molecule has 0 saturated carbocycles. The highest BCUT2D eigenvalue weighted by Crippen LogP contribution is 2.25. The quantitative estimate of drug-likeness (QED) is 0.599. The van der Waals surface area contributed by atoms with E-state index in [1.54, 1.807) is 7.11 Å². The summed E-state index contributed by atoms with van der Waals surface area (Å²) in [4.78, 5) is 0. The zero-order chi connectivity index (χ0) is 11.4. The van der Waals surface area contributed by atoms with Crippen molar-refractivity contribution in [2.24, 2.45) is 0 Å². The van der Waals surface area contributed by atoms with Gasteiger partial charge in [-0.15, -0.1) is 0 Å². The number of methoxy groups -OCH3 is 1. The smallest absolute Gasteiger partial charge is 0.118 e. The summed E-state index contributed by atoms with van der Waals surface area (Å²) in [5.41, 5.74) is 4.32. The highest BCUT2D eigenvalue weighted by Gasteiger charge is 2.12. The number of fused-ring (bicyclic) bond motifs is 1. The fourth-order valence-electron chi connectivity index (χ4n) is 1.51. The molecule has 0 bridgehead atoms. The molecule has 0 aliphatic heterocycles. The van der Waals surface area contributed by atoms with Crippen LogP contribution in [0.2, 0.25) is 0 Å². The summed E-state index contributed by atoms with van der Waals surface area (Å²) in [6, 6.07) is 16.5. The molecule has 0 N–H and O–H groups in total. The number of benzene rings is 2. The van der Waals surface area contributed by atoms with Crippen LogP contribution in [0, 0.1) is 6.92 Å². The van der Waals surface area contributed by atoms with Crippen molar-refractivity contribution < 1.29 is 4.74 Å². The number of rotatable bonds is 1. The van der Waals surface area contributed by atoms with Gasteiger partial charge < -0.3 is 4.74 Å². The normalized spacial score (nSPS) is 10.9. The Balaban J connectivity index is 0.000000123. The maximum absolute atomic E-state index is 4.97. The Morgan fingerprint density at radius 2 is 1.44 bits per heavy atom. The highest BCUT2D eigenvalue weighted by atomic mass is 16.5. The van der Waals surface area contributed by atoms with Gasteiger partial charge in [0.15, 0.2) is 0 Å². The Labute approximate surface area is 96.7 Å². The molecule has 2 aromatic carbocycles. The van der Waals surface area contributed by atoms with E-state index in [4.69, 9.17) is 4.74 Å². The molecule has 0 unspecified atom stereocenters. The van der Waals surface area contributed by atoms with Crippen LogP contribution in [0.4, 0.5) is 0 Å². The molecule has 0 radical (unpaired) electrons. The SMILES string of the molecule is COc1ccc(C)cc1.c1ccc2c(c1)C2. The first-order chi connectivity index (χ1) is 7.79. The number of hydrogen-bond donors (Lipinski definition) is 0. The van der Waals surface area contributed by atoms with Crippen LogP contribution in [0.15, 0.2) is 48.5 Å². The van der Waals surface area contributed by atoms with E-state index in [2.05, 4.69) is 31.2 Å². The lowest BCUT2D eigenvalue weighted by Crippen LogP contribution is -1.80. The van der Waals surface area contributed by atoms with E-state index in [1.165, 1.54) is 23.1 Å². The molecule has 3 rings (SSSR count). The second-order valence-electron chi connectivity index (χ2n) is 3.96. The first-order valence-corrected chi connectivity index (χ1v) is 5.47. The van der Waals surface area contributed by atoms with E-state index in [0.717, 1.165) is 5.75 Å². The third-order valence-corrected chi connectivity index (χ3v) is 2.63. The Kier molecular flexibility index (Phi) is 3.25. The van der Waals surface area contributed by atoms with Gasteiger partial charge in [-0.25, -0.2) is 0 Å². The van der Waals surface area contributed by atoms with Crippen molar-refractivity contribution in [1.29, 1.82) is 0 Å². The summed E-state index contributed by atoms with van der Waals surface area (Å²) in [6.45, 7) is 2.06. The topological polar surface area (TPSA) is 9.23 Å². The predicted octanol–water partition coefficient (Wildman–Crippen LogP) is 3.59. The summed E-state index contributed by atoms with van der Waals surface area (Å²) >= 11 is 0. The van der Waals surface area contributed by atoms with Crippen molar-refractivity contribution >= 4 is 0 Å². The lowest BCUT2D eigenvalue weighted by atomic mass is 10.2. The first kappa shape index (κ1) is 10.7. The van der Waals surface area contributed by atoms with Crippen molar-refractivity contribution in [2.45, 2.75) is 13.3 Å². The van der Waals surface area contributed by atoms with Crippen LogP contribution in [0.5, 0.6) is 5.75 Å². The lowest BCUT2D eigenvalue weighted by molar-refractivity contribution is 0.414. The van der Waals surface area contributed by atoms with Crippen molar-refractivity contribution in [3.63, 3.8) is 0 Å². The second kappa shape index (κ2) is 4.84. The van der Waals surface area contributed by atoms with Gasteiger partial charge in [0.05, 0.1) is 7.11 Å². The number of ether oxygens (including phenoxy) is 1. The minimum Gasteiger partial charge on any atom is -0.497 e. The zero-order valence-electron chi connectivity index (χ0n) is 9.73. The van der Waals surface area contributed by atoms with E-state index < -0.39 is 0 Å². The molecule has 0 saturated heterocycles. The van der Waals surface area contributed by atoms with Gasteiger partial charge in [-0.3, -0.25) is 0 Å². The number of hydrogen-bond acceptors (Lipinski definition) is 1. The molecule has 1 aliphatic rings. The van der Waals surface area contributed by atoms with Crippen molar-refractivity contribution in [3.8, 4) is 5.75 Å². The average Bonchev–Trinajstić information content (AvgIpc) is 3.10. The second-order valence-corrected chi connectivity index (χ2v) is 3.96. The standard InChI is InChI=1S/C8H10O.C7H6/c1-7-3-5-8(9-2)6-4-7;1-2-4-7-5-6(7)3-1/h3-6H,1-2H3;1-4H,5H2. The Morgan fingerprint density at radius 3 is 1.88 bits per heavy atom. The van der Waals surface area contributed by atoms with E-state index >= 15 is 0 Å². The van der Waals surface area contributed by atoms with Gasteiger partial charge in [0.1, 0.15) is 5.75 Å². The Morgan fingerprint density at radius 1 is 0.875 bits per heavy atom. The van der Waals surface area contributed by atoms with Crippen molar-refractivity contribution in [3.05, 3.63) is 65.2 Å². The minimum atomic E-state index is 0.917. The molecular weight excluding hydrogens is 196 g/mol. The molecule has 0 atom stereocenters. The largest absolute Gasteiger partial charge is 0.497 e. The van der Waals surface area contributed by atoms with Gasteiger partial charge in [0, 0.05) is 0 Å². The van der Waals surface area contributed by atoms with Crippen LogP contribution < -0.4 is 4.74 Å². The zero-order valence-corrected chi connectivity index (χ0v) is 9.73. The molecule has 0 aromatic heterocycles. The monoisotopic (exact) mass is 212 g/mol. The summed E-state index contributed by atoms with van der Waals surface area (Å²) < 4.78 is 4.97. The molecule has 0 fully saturated rings. The van der Waals surface area contributed by atoms with E-state index in [1.807, 2.05) is 24.3 Å². The van der Waals surface area contributed by atoms with Gasteiger partial charge in [-0.05, 0) is 36.6 Å². The van der Waals surface area contributed by atoms with Crippen LogP contribution in [0.1, 0.15) is 16.7 Å². The van der Waals surface area contributed by atoms with Gasteiger partial charge >= 0.3 is 0 Å². The van der Waals surface area contributed by atoms with Crippen LogP contribution in [-0.4, -0.2) is 7.11 Å². The molecular formula is C15H16O. The van der Waals surface area contributed by atoms with Crippen LogP contribution >= 0.6 is 0 Å². The van der Waals surface area contributed by atoms with E-state index in [-0.39, 0.29) is 0 Å². The summed E-state index contributed by atoms with van der Waals surface area (Å²) in [6.07, 6.45) is 1.24. The first-order valence-electron chi connectivity index (χ1n) is 5.47. The predicted molar refractivity (Wildman–Crippen MR) is 67.0 cm³/mol. The molecule has 16 heavy (non-hydrogen) atoms. The molecule has 1 heteroatoms. The molecule has 0 amide bonds. The summed E-state index contributed by atoms with van der Waals surface area (Å²) in [5, 5.41) is 0. The minimum absolute atomic E-state index is 0.917. The van der Waals surface area contributed by atoms with Gasteiger partial charge in [-0.1, -0.05) is 42.0 Å². The van der Waals surface area contributed by atoms with Gasteiger partial charge in [0.2, 0.25) is 0 Å². The van der Waals surface area contributed by atoms with E-state index in [9.17, 15) is 0 Å². The molecule has 0 spiro atoms. The highest BCUT2D eigenvalue weighted by molar-refractivity contribution is 5.44. The lowest BCUT2D eigenvalue weighted by Gasteiger charge is -1.97. The van der Waals surface area contributed by atoms with Crippen LogP contribution in [-0.2, 0) is 6.42 Å². The average molecular weight is 212 g/mol. The Hall–Kier alpha value is -1.76. The summed E-state index contributed by atoms with van der Waals surface area (Å²) in [5.74, 6) is 0.917. The van der Waals surface area contributed by atoms with Crippen LogP contribution in [0.3, 0.4) is 0 Å². The van der Waals surface area contributed by atoms with Gasteiger partial charge in [-0.2, -0.15) is 0 Å². The Bertz CT molecular complexity index is 436. The van der Waals surface area contributed by atoms with Crippen molar-refractivity contribution in [1.82, 2.24) is 0 Å². The molecule has 2 aromatic rings. The third kappa shape index (κ3) is 2.86. The summed E-state index contributed by atoms with van der Waals surface area (Å²) in [7, 11) is 1.67. The van der Waals surface area contributed by atoms with Gasteiger partial charge in [0.25, 0.3) is 0 Å². The third-order valence-electron chi connectivity index (χ3n) is 2.63. The molecule has 82 valence electrons. The molecule has 1 nitrogen and oxygen atoms in total. The fourth-order valence-corrected chi connectivity index (χ4v) is 1.51. The fraction of sp³-hybridized carbons (Fsp3) is 0.200.